The zero-order valence-corrected chi connectivity index (χ0v) is 16.0. The third kappa shape index (κ3) is 3.88. The van der Waals surface area contributed by atoms with Gasteiger partial charge in [-0.05, 0) is 30.7 Å². The summed E-state index contributed by atoms with van der Waals surface area (Å²) < 4.78 is 32.6. The van der Waals surface area contributed by atoms with Gasteiger partial charge in [0, 0.05) is 44.0 Å². The molecule has 0 aromatic heterocycles. The Morgan fingerprint density at radius 2 is 1.78 bits per heavy atom. The molecule has 1 aliphatic rings. The Morgan fingerprint density at radius 3 is 2.37 bits per heavy atom. The Hall–Kier alpha value is -2.65. The molecule has 0 spiro atoms. The Kier molecular flexibility index (Phi) is 5.33. The molecule has 1 heterocycles. The Bertz CT molecular complexity index is 953. The standard InChI is InChI=1S/C18H21N3O5S/c1-14-4-3-5-15(12-14)19-8-10-20(11-9-19)27(24,25)18-13-16(21(22)23)6-7-17(18)26-2/h3-7,12-13H,8-11H2,1-2H3. The van der Waals surface area contributed by atoms with Crippen LogP contribution < -0.4 is 9.64 Å². The molecule has 2 aromatic rings. The van der Waals surface area contributed by atoms with Crippen LogP contribution >= 0.6 is 0 Å². The number of hydrogen-bond acceptors (Lipinski definition) is 6. The fraction of sp³-hybridized carbons (Fsp3) is 0.333. The lowest BCUT2D eigenvalue weighted by Crippen LogP contribution is -2.48. The van der Waals surface area contributed by atoms with Gasteiger partial charge in [0.15, 0.2) is 0 Å². The number of aryl methyl sites for hydroxylation is 1. The van der Waals surface area contributed by atoms with E-state index in [0.717, 1.165) is 17.3 Å². The molecule has 0 aliphatic carbocycles. The van der Waals surface area contributed by atoms with E-state index in [1.165, 1.54) is 23.5 Å². The Labute approximate surface area is 158 Å². The zero-order chi connectivity index (χ0) is 19.6. The molecule has 2 aromatic carbocycles. The maximum atomic E-state index is 13.0. The molecule has 1 saturated heterocycles. The fourth-order valence-electron chi connectivity index (χ4n) is 3.13. The van der Waals surface area contributed by atoms with Crippen molar-refractivity contribution in [1.82, 2.24) is 4.31 Å². The first-order valence-electron chi connectivity index (χ1n) is 8.47. The van der Waals surface area contributed by atoms with Crippen molar-refractivity contribution in [3.8, 4) is 5.75 Å². The van der Waals surface area contributed by atoms with E-state index in [1.807, 2.05) is 25.1 Å². The van der Waals surface area contributed by atoms with Crippen molar-refractivity contribution in [3.63, 3.8) is 0 Å². The van der Waals surface area contributed by atoms with Crippen molar-refractivity contribution in [3.05, 3.63) is 58.1 Å². The highest BCUT2D eigenvalue weighted by Crippen LogP contribution is 2.31. The van der Waals surface area contributed by atoms with Gasteiger partial charge in [-0.1, -0.05) is 12.1 Å². The predicted molar refractivity (Wildman–Crippen MR) is 102 cm³/mol. The lowest BCUT2D eigenvalue weighted by Gasteiger charge is -2.35. The number of sulfonamides is 1. The molecule has 0 radical (unpaired) electrons. The van der Waals surface area contributed by atoms with Gasteiger partial charge in [-0.15, -0.1) is 0 Å². The highest BCUT2D eigenvalue weighted by Gasteiger charge is 2.32. The van der Waals surface area contributed by atoms with Crippen molar-refractivity contribution in [2.75, 3.05) is 38.2 Å². The van der Waals surface area contributed by atoms with Gasteiger partial charge in [-0.3, -0.25) is 10.1 Å². The van der Waals surface area contributed by atoms with Crippen LogP contribution in [0, 0.1) is 17.0 Å². The van der Waals surface area contributed by atoms with Gasteiger partial charge in [0.1, 0.15) is 10.6 Å². The van der Waals surface area contributed by atoms with Crippen molar-refractivity contribution in [1.29, 1.82) is 0 Å². The molecule has 0 bridgehead atoms. The fourth-order valence-corrected chi connectivity index (χ4v) is 4.73. The molecular weight excluding hydrogens is 370 g/mol. The summed E-state index contributed by atoms with van der Waals surface area (Å²) in [5.41, 5.74) is 1.91. The SMILES string of the molecule is COc1ccc([N+](=O)[O-])cc1S(=O)(=O)N1CCN(c2cccc(C)c2)CC1. The summed E-state index contributed by atoms with van der Waals surface area (Å²) in [6, 6.07) is 11.7. The average Bonchev–Trinajstić information content (AvgIpc) is 2.67. The summed E-state index contributed by atoms with van der Waals surface area (Å²) in [5, 5.41) is 11.0. The number of nitrogens with zero attached hydrogens (tertiary/aromatic N) is 3. The molecular formula is C18H21N3O5S. The number of hydrogen-bond donors (Lipinski definition) is 0. The maximum Gasteiger partial charge on any atom is 0.271 e. The topological polar surface area (TPSA) is 93.0 Å². The number of nitro groups is 1. The first-order chi connectivity index (χ1) is 12.8. The summed E-state index contributed by atoms with van der Waals surface area (Å²) in [6.45, 7) is 3.68. The van der Waals surface area contributed by atoms with Crippen LogP contribution in [0.4, 0.5) is 11.4 Å². The largest absolute Gasteiger partial charge is 0.495 e. The number of anilines is 1. The van der Waals surface area contributed by atoms with Gasteiger partial charge in [0.2, 0.25) is 10.0 Å². The summed E-state index contributed by atoms with van der Waals surface area (Å²) in [7, 11) is -2.55. The first kappa shape index (κ1) is 19.1. The minimum absolute atomic E-state index is 0.0988. The molecule has 1 aliphatic heterocycles. The Balaban J connectivity index is 1.83. The number of nitro benzene ring substituents is 1. The number of rotatable bonds is 5. The van der Waals surface area contributed by atoms with Crippen molar-refractivity contribution in [2.45, 2.75) is 11.8 Å². The lowest BCUT2D eigenvalue weighted by atomic mass is 10.2. The summed E-state index contributed by atoms with van der Waals surface area (Å²) >= 11 is 0. The van der Waals surface area contributed by atoms with Crippen LogP contribution in [-0.4, -0.2) is 50.9 Å². The Morgan fingerprint density at radius 1 is 1.07 bits per heavy atom. The van der Waals surface area contributed by atoms with Crippen LogP contribution in [0.2, 0.25) is 0 Å². The molecule has 0 amide bonds. The first-order valence-corrected chi connectivity index (χ1v) is 9.91. The average molecular weight is 391 g/mol. The maximum absolute atomic E-state index is 13.0. The highest BCUT2D eigenvalue weighted by atomic mass is 32.2. The van der Waals surface area contributed by atoms with Gasteiger partial charge in [0.25, 0.3) is 5.69 Å². The molecule has 144 valence electrons. The van der Waals surface area contributed by atoms with Crippen LogP contribution in [0.1, 0.15) is 5.56 Å². The van der Waals surface area contributed by atoms with E-state index >= 15 is 0 Å². The van der Waals surface area contributed by atoms with Crippen LogP contribution in [0.5, 0.6) is 5.75 Å². The third-order valence-electron chi connectivity index (χ3n) is 4.58. The molecule has 3 rings (SSSR count). The van der Waals surface area contributed by atoms with Gasteiger partial charge < -0.3 is 9.64 Å². The molecule has 0 saturated carbocycles. The van der Waals surface area contributed by atoms with Crippen molar-refractivity contribution >= 4 is 21.4 Å². The minimum atomic E-state index is -3.90. The van der Waals surface area contributed by atoms with E-state index < -0.39 is 14.9 Å². The number of benzene rings is 2. The van der Waals surface area contributed by atoms with E-state index in [-0.39, 0.29) is 16.3 Å². The normalized spacial score (nSPS) is 15.6. The molecule has 27 heavy (non-hydrogen) atoms. The van der Waals surface area contributed by atoms with Crippen LogP contribution in [0.25, 0.3) is 0 Å². The molecule has 0 N–H and O–H groups in total. The molecule has 0 unspecified atom stereocenters. The second-order valence-corrected chi connectivity index (χ2v) is 8.23. The van der Waals surface area contributed by atoms with E-state index in [2.05, 4.69) is 11.0 Å². The zero-order valence-electron chi connectivity index (χ0n) is 15.2. The van der Waals surface area contributed by atoms with Gasteiger partial charge in [0.05, 0.1) is 12.0 Å². The number of piperazine rings is 1. The smallest absolute Gasteiger partial charge is 0.271 e. The quantitative estimate of drug-likeness (QED) is 0.574. The van der Waals surface area contributed by atoms with Crippen LogP contribution in [0.3, 0.4) is 0 Å². The number of ether oxygens (including phenoxy) is 1. The number of non-ortho nitro benzene ring substituents is 1. The van der Waals surface area contributed by atoms with E-state index in [1.54, 1.807) is 0 Å². The second kappa shape index (κ2) is 7.53. The monoisotopic (exact) mass is 391 g/mol. The van der Waals surface area contributed by atoms with Crippen molar-refractivity contribution < 1.29 is 18.1 Å². The number of methoxy groups -OCH3 is 1. The third-order valence-corrected chi connectivity index (χ3v) is 6.50. The molecule has 0 atom stereocenters. The van der Waals surface area contributed by atoms with Crippen molar-refractivity contribution in [2.24, 2.45) is 0 Å². The van der Waals surface area contributed by atoms with Crippen LogP contribution in [0.15, 0.2) is 47.4 Å². The second-order valence-electron chi connectivity index (χ2n) is 6.32. The van der Waals surface area contributed by atoms with E-state index in [9.17, 15) is 18.5 Å². The van der Waals surface area contributed by atoms with Crippen LogP contribution in [-0.2, 0) is 10.0 Å². The van der Waals surface area contributed by atoms with Gasteiger partial charge in [-0.25, -0.2) is 8.42 Å². The van der Waals surface area contributed by atoms with E-state index in [0.29, 0.717) is 26.2 Å². The molecule has 8 nitrogen and oxygen atoms in total. The summed E-state index contributed by atoms with van der Waals surface area (Å²) in [4.78, 5) is 12.4. The molecule has 9 heteroatoms. The summed E-state index contributed by atoms with van der Waals surface area (Å²) in [5.74, 6) is 0.0988. The molecule has 1 fully saturated rings. The highest BCUT2D eigenvalue weighted by molar-refractivity contribution is 7.89. The lowest BCUT2D eigenvalue weighted by molar-refractivity contribution is -0.385. The predicted octanol–water partition coefficient (Wildman–Crippen LogP) is 2.42. The van der Waals surface area contributed by atoms with Gasteiger partial charge >= 0.3 is 0 Å². The van der Waals surface area contributed by atoms with Gasteiger partial charge in [-0.2, -0.15) is 4.31 Å². The summed E-state index contributed by atoms with van der Waals surface area (Å²) in [6.07, 6.45) is 0. The minimum Gasteiger partial charge on any atom is -0.495 e. The van der Waals surface area contributed by atoms with E-state index in [4.69, 9.17) is 4.74 Å².